The van der Waals surface area contributed by atoms with E-state index in [4.69, 9.17) is 26.3 Å². The first-order valence-electron chi connectivity index (χ1n) is 7.04. The van der Waals surface area contributed by atoms with Gasteiger partial charge in [-0.05, 0) is 24.3 Å². The monoisotopic (exact) mass is 336 g/mol. The summed E-state index contributed by atoms with van der Waals surface area (Å²) in [6.45, 7) is 2.99. The smallest absolute Gasteiger partial charge is 0.228 e. The maximum Gasteiger partial charge on any atom is 0.228 e. The van der Waals surface area contributed by atoms with E-state index in [2.05, 4.69) is 4.90 Å². The summed E-state index contributed by atoms with van der Waals surface area (Å²) in [5, 5.41) is 2.71. The summed E-state index contributed by atoms with van der Waals surface area (Å²) in [6.07, 6.45) is 1.99. The Morgan fingerprint density at radius 2 is 1.95 bits per heavy atom. The van der Waals surface area contributed by atoms with E-state index >= 15 is 0 Å². The van der Waals surface area contributed by atoms with Crippen molar-refractivity contribution in [2.45, 2.75) is 0 Å². The number of aromatic nitrogens is 1. The Morgan fingerprint density at radius 1 is 1.23 bits per heavy atom. The number of rotatable bonds is 1. The first kappa shape index (κ1) is 15.3. The molecular formula is C15H17ClN4OS. The molecule has 22 heavy (non-hydrogen) atoms. The molecule has 0 aliphatic carbocycles. The summed E-state index contributed by atoms with van der Waals surface area (Å²) < 4.78 is 7.40. The molecule has 0 unspecified atom stereocenters. The minimum atomic E-state index is 0.700. The van der Waals surface area contributed by atoms with E-state index in [0.29, 0.717) is 24.2 Å². The van der Waals surface area contributed by atoms with Gasteiger partial charge in [0, 0.05) is 36.7 Å². The van der Waals surface area contributed by atoms with E-state index in [1.807, 2.05) is 47.5 Å². The van der Waals surface area contributed by atoms with Gasteiger partial charge >= 0.3 is 0 Å². The van der Waals surface area contributed by atoms with Crippen molar-refractivity contribution in [1.29, 1.82) is 0 Å². The van der Waals surface area contributed by atoms with Crippen molar-refractivity contribution in [3.63, 3.8) is 0 Å². The molecule has 7 heteroatoms. The van der Waals surface area contributed by atoms with Gasteiger partial charge in [0.15, 0.2) is 4.80 Å². The van der Waals surface area contributed by atoms with Crippen LogP contribution >= 0.6 is 22.9 Å². The predicted octanol–water partition coefficient (Wildman–Crippen LogP) is 2.66. The van der Waals surface area contributed by atoms with Crippen molar-refractivity contribution in [1.82, 2.24) is 9.47 Å². The van der Waals surface area contributed by atoms with Crippen molar-refractivity contribution >= 4 is 34.6 Å². The number of halogens is 1. The number of benzene rings is 1. The summed E-state index contributed by atoms with van der Waals surface area (Å²) in [5.74, 6) is 0.712. The topological polar surface area (TPSA) is 42.1 Å². The van der Waals surface area contributed by atoms with Gasteiger partial charge in [-0.15, -0.1) is 11.3 Å². The van der Waals surface area contributed by atoms with Crippen LogP contribution in [0.15, 0.2) is 45.8 Å². The van der Waals surface area contributed by atoms with E-state index in [1.54, 1.807) is 11.3 Å². The molecule has 116 valence electrons. The van der Waals surface area contributed by atoms with Gasteiger partial charge in [-0.1, -0.05) is 11.6 Å². The number of hydrogen-bond donors (Lipinski definition) is 0. The van der Waals surface area contributed by atoms with Gasteiger partial charge in [-0.2, -0.15) is 4.99 Å². The number of nitrogens with zero attached hydrogens (tertiary/aromatic N) is 4. The van der Waals surface area contributed by atoms with Crippen LogP contribution in [0.1, 0.15) is 0 Å². The van der Waals surface area contributed by atoms with E-state index < -0.39 is 0 Å². The zero-order chi connectivity index (χ0) is 15.4. The van der Waals surface area contributed by atoms with Gasteiger partial charge in [0.2, 0.25) is 5.96 Å². The van der Waals surface area contributed by atoms with Crippen LogP contribution in [0.2, 0.25) is 5.02 Å². The van der Waals surface area contributed by atoms with Gasteiger partial charge in [0.1, 0.15) is 0 Å². The lowest BCUT2D eigenvalue weighted by Crippen LogP contribution is -2.40. The summed E-state index contributed by atoms with van der Waals surface area (Å²) in [6, 6.07) is 7.46. The van der Waals surface area contributed by atoms with Crippen LogP contribution < -0.4 is 4.80 Å². The van der Waals surface area contributed by atoms with Gasteiger partial charge in [-0.3, -0.25) is 0 Å². The summed E-state index contributed by atoms with van der Waals surface area (Å²) >= 11 is 7.52. The van der Waals surface area contributed by atoms with E-state index in [0.717, 1.165) is 23.6 Å². The molecule has 0 spiro atoms. The first-order valence-corrected chi connectivity index (χ1v) is 8.30. The van der Waals surface area contributed by atoms with Crippen LogP contribution in [0.5, 0.6) is 0 Å². The zero-order valence-corrected chi connectivity index (χ0v) is 13.8. The minimum Gasteiger partial charge on any atom is -0.378 e. The molecule has 1 fully saturated rings. The second-order valence-electron chi connectivity index (χ2n) is 4.90. The molecule has 5 nitrogen and oxygen atoms in total. The van der Waals surface area contributed by atoms with Gasteiger partial charge in [0.25, 0.3) is 0 Å². The number of ether oxygens (including phenoxy) is 1. The number of aliphatic imine (C=N–C) groups is 1. The van der Waals surface area contributed by atoms with Crippen molar-refractivity contribution in [2.75, 3.05) is 26.3 Å². The number of hydrogen-bond acceptors (Lipinski definition) is 3. The number of thiazole rings is 1. The van der Waals surface area contributed by atoms with Crippen LogP contribution in [-0.2, 0) is 11.8 Å². The molecule has 1 aromatic heterocycles. The molecule has 0 atom stereocenters. The third-order valence-corrected chi connectivity index (χ3v) is 4.40. The highest BCUT2D eigenvalue weighted by atomic mass is 35.5. The fraction of sp³-hybridized carbons (Fsp3) is 0.333. The minimum absolute atomic E-state index is 0.700. The predicted molar refractivity (Wildman–Crippen MR) is 89.8 cm³/mol. The Morgan fingerprint density at radius 3 is 2.59 bits per heavy atom. The summed E-state index contributed by atoms with van der Waals surface area (Å²) in [5.41, 5.74) is 0.842. The highest BCUT2D eigenvalue weighted by Crippen LogP contribution is 2.17. The van der Waals surface area contributed by atoms with Crippen LogP contribution in [0, 0.1) is 0 Å². The molecular weight excluding hydrogens is 320 g/mol. The third kappa shape index (κ3) is 3.76. The standard InChI is InChI=1S/C15H17ClN4OS/c1-19-8-11-22-15(19)18-14(20-6-9-21-10-7-20)17-13-4-2-12(16)3-5-13/h2-5,8,11H,6-7,9-10H2,1H3. The lowest BCUT2D eigenvalue weighted by atomic mass is 10.3. The molecule has 0 bridgehead atoms. The van der Waals surface area contributed by atoms with Crippen molar-refractivity contribution in [3.05, 3.63) is 45.7 Å². The van der Waals surface area contributed by atoms with Crippen LogP contribution in [0.3, 0.4) is 0 Å². The maximum absolute atomic E-state index is 5.93. The molecule has 0 radical (unpaired) electrons. The van der Waals surface area contributed by atoms with Gasteiger partial charge in [0.05, 0.1) is 18.9 Å². The number of morpholine rings is 1. The van der Waals surface area contributed by atoms with E-state index in [9.17, 15) is 0 Å². The first-order chi connectivity index (χ1) is 10.7. The fourth-order valence-corrected chi connectivity index (χ4v) is 2.93. The average Bonchev–Trinajstić information content (AvgIpc) is 2.95. The SMILES string of the molecule is Cn1ccsc1=NC(=Nc1ccc(Cl)cc1)N1CCOCC1. The molecule has 0 saturated carbocycles. The van der Waals surface area contributed by atoms with Crippen LogP contribution in [0.4, 0.5) is 5.69 Å². The zero-order valence-electron chi connectivity index (χ0n) is 12.3. The molecule has 2 heterocycles. The Kier molecular flexibility index (Phi) is 4.92. The van der Waals surface area contributed by atoms with E-state index in [-0.39, 0.29) is 0 Å². The van der Waals surface area contributed by atoms with Crippen molar-refractivity contribution in [3.8, 4) is 0 Å². The Balaban J connectivity index is 1.98. The molecule has 1 aliphatic rings. The van der Waals surface area contributed by atoms with Gasteiger partial charge < -0.3 is 14.2 Å². The second kappa shape index (κ2) is 7.09. The molecule has 1 aromatic carbocycles. The van der Waals surface area contributed by atoms with Crippen LogP contribution in [-0.4, -0.2) is 41.7 Å². The normalized spacial score (nSPS) is 17.1. The lowest BCUT2D eigenvalue weighted by molar-refractivity contribution is 0.0675. The van der Waals surface area contributed by atoms with Crippen molar-refractivity contribution < 1.29 is 4.74 Å². The molecule has 2 aromatic rings. The highest BCUT2D eigenvalue weighted by molar-refractivity contribution is 7.07. The van der Waals surface area contributed by atoms with Crippen molar-refractivity contribution in [2.24, 2.45) is 17.0 Å². The van der Waals surface area contributed by atoms with E-state index in [1.165, 1.54) is 0 Å². The molecule has 3 rings (SSSR count). The number of aryl methyl sites for hydroxylation is 1. The lowest BCUT2D eigenvalue weighted by Gasteiger charge is -2.27. The Bertz CT molecular complexity index is 714. The quantitative estimate of drug-likeness (QED) is 0.593. The largest absolute Gasteiger partial charge is 0.378 e. The highest BCUT2D eigenvalue weighted by Gasteiger charge is 2.15. The number of guanidine groups is 1. The summed E-state index contributed by atoms with van der Waals surface area (Å²) in [4.78, 5) is 12.5. The molecule has 1 aliphatic heterocycles. The fourth-order valence-electron chi connectivity index (χ4n) is 2.08. The second-order valence-corrected chi connectivity index (χ2v) is 6.21. The molecule has 0 amide bonds. The Hall–Kier alpha value is -1.63. The van der Waals surface area contributed by atoms with Crippen LogP contribution in [0.25, 0.3) is 0 Å². The van der Waals surface area contributed by atoms with Gasteiger partial charge in [-0.25, -0.2) is 4.99 Å². The molecule has 1 saturated heterocycles. The Labute approximate surface area is 138 Å². The summed E-state index contributed by atoms with van der Waals surface area (Å²) in [7, 11) is 1.98. The molecule has 0 N–H and O–H groups in total. The maximum atomic E-state index is 5.93. The third-order valence-electron chi connectivity index (χ3n) is 3.30. The average molecular weight is 337 g/mol.